The Hall–Kier alpha value is -0.620. The van der Waals surface area contributed by atoms with E-state index in [2.05, 4.69) is 0 Å². The van der Waals surface area contributed by atoms with Gasteiger partial charge in [-0.25, -0.2) is 8.42 Å². The van der Waals surface area contributed by atoms with Crippen LogP contribution in [0.2, 0.25) is 0 Å². The molecule has 6 heteroatoms. The molecule has 0 aromatic rings. The molecule has 0 bridgehead atoms. The van der Waals surface area contributed by atoms with Gasteiger partial charge in [0.05, 0.1) is 12.2 Å². The molecule has 0 aromatic carbocycles. The Morgan fingerprint density at radius 2 is 1.94 bits per heavy atom. The van der Waals surface area contributed by atoms with Crippen molar-refractivity contribution in [3.8, 4) is 0 Å². The zero-order valence-corrected chi connectivity index (χ0v) is 11.4. The van der Waals surface area contributed by atoms with E-state index in [-0.39, 0.29) is 18.2 Å². The van der Waals surface area contributed by atoms with Crippen LogP contribution in [-0.4, -0.2) is 42.1 Å². The van der Waals surface area contributed by atoms with E-state index in [0.29, 0.717) is 18.4 Å². The van der Waals surface area contributed by atoms with Crippen molar-refractivity contribution in [1.29, 1.82) is 0 Å². The van der Waals surface area contributed by atoms with Crippen LogP contribution in [0.3, 0.4) is 0 Å². The molecule has 17 heavy (non-hydrogen) atoms. The number of hydrogen-bond acceptors (Lipinski definition) is 3. The summed E-state index contributed by atoms with van der Waals surface area (Å²) >= 11 is 0. The highest BCUT2D eigenvalue weighted by Gasteiger charge is 2.36. The summed E-state index contributed by atoms with van der Waals surface area (Å²) in [5.74, 6) is -0.718. The average molecular weight is 263 g/mol. The summed E-state index contributed by atoms with van der Waals surface area (Å²) in [4.78, 5) is 10.5. The topological polar surface area (TPSA) is 74.7 Å². The number of sulfonamides is 1. The lowest BCUT2D eigenvalue weighted by Crippen LogP contribution is -2.49. The highest BCUT2D eigenvalue weighted by atomic mass is 32.2. The maximum Gasteiger partial charge on any atom is 0.304 e. The molecule has 1 saturated heterocycles. The molecule has 0 amide bonds. The smallest absolute Gasteiger partial charge is 0.304 e. The van der Waals surface area contributed by atoms with Gasteiger partial charge in [0.15, 0.2) is 0 Å². The molecule has 1 fully saturated rings. The van der Waals surface area contributed by atoms with Gasteiger partial charge in [-0.1, -0.05) is 13.8 Å². The van der Waals surface area contributed by atoms with Gasteiger partial charge in [0.1, 0.15) is 0 Å². The summed E-state index contributed by atoms with van der Waals surface area (Å²) < 4.78 is 25.6. The fourth-order valence-corrected chi connectivity index (χ4v) is 4.23. The second-order valence-corrected chi connectivity index (χ2v) is 7.13. The van der Waals surface area contributed by atoms with E-state index in [0.717, 1.165) is 6.42 Å². The molecule has 1 aliphatic rings. The summed E-state index contributed by atoms with van der Waals surface area (Å²) in [5, 5.41) is 8.56. The quantitative estimate of drug-likeness (QED) is 0.826. The summed E-state index contributed by atoms with van der Waals surface area (Å²) in [7, 11) is -3.44. The minimum Gasteiger partial charge on any atom is -0.481 e. The number of carboxylic acids is 1. The second kappa shape index (κ2) is 5.35. The highest BCUT2D eigenvalue weighted by Crippen LogP contribution is 2.29. The molecule has 1 N–H and O–H groups in total. The SMILES string of the molecule is CC1CC(C)C(C)N(S(=O)(=O)CCC(=O)O)C1. The predicted molar refractivity (Wildman–Crippen MR) is 65.2 cm³/mol. The van der Waals surface area contributed by atoms with Gasteiger partial charge in [0, 0.05) is 12.6 Å². The van der Waals surface area contributed by atoms with Crippen molar-refractivity contribution in [2.45, 2.75) is 39.7 Å². The number of hydrogen-bond donors (Lipinski definition) is 1. The van der Waals surface area contributed by atoms with E-state index in [1.165, 1.54) is 4.31 Å². The zero-order valence-electron chi connectivity index (χ0n) is 10.6. The Kier molecular flexibility index (Phi) is 4.55. The van der Waals surface area contributed by atoms with Gasteiger partial charge in [-0.15, -0.1) is 0 Å². The van der Waals surface area contributed by atoms with Crippen LogP contribution in [0, 0.1) is 11.8 Å². The van der Waals surface area contributed by atoms with Crippen LogP contribution in [0.1, 0.15) is 33.6 Å². The molecule has 0 radical (unpaired) electrons. The van der Waals surface area contributed by atoms with Crippen LogP contribution in [0.25, 0.3) is 0 Å². The summed E-state index contributed by atoms with van der Waals surface area (Å²) in [5.41, 5.74) is 0. The minimum atomic E-state index is -3.44. The van der Waals surface area contributed by atoms with Crippen molar-refractivity contribution in [3.05, 3.63) is 0 Å². The fourth-order valence-electron chi connectivity index (χ4n) is 2.36. The number of carbonyl (C=O) groups is 1. The van der Waals surface area contributed by atoms with E-state index >= 15 is 0 Å². The Bertz CT molecular complexity index is 379. The van der Waals surface area contributed by atoms with Gasteiger partial charge in [0.25, 0.3) is 0 Å². The molecule has 0 aromatic heterocycles. The Morgan fingerprint density at radius 1 is 1.35 bits per heavy atom. The van der Waals surface area contributed by atoms with Gasteiger partial charge >= 0.3 is 5.97 Å². The first-order valence-corrected chi connectivity index (χ1v) is 7.56. The molecule has 3 atom stereocenters. The van der Waals surface area contributed by atoms with Gasteiger partial charge in [-0.05, 0) is 25.2 Å². The number of carboxylic acid groups (broad SMARTS) is 1. The van der Waals surface area contributed by atoms with Gasteiger partial charge < -0.3 is 5.11 Å². The lowest BCUT2D eigenvalue weighted by Gasteiger charge is -2.39. The van der Waals surface area contributed by atoms with Crippen molar-refractivity contribution in [2.24, 2.45) is 11.8 Å². The van der Waals surface area contributed by atoms with Crippen LogP contribution in [0.5, 0.6) is 0 Å². The minimum absolute atomic E-state index is 0.0370. The maximum atomic E-state index is 12.1. The highest BCUT2D eigenvalue weighted by molar-refractivity contribution is 7.89. The van der Waals surface area contributed by atoms with E-state index in [4.69, 9.17) is 5.11 Å². The molecule has 0 spiro atoms. The Labute approximate surface area is 103 Å². The van der Waals surface area contributed by atoms with Crippen molar-refractivity contribution >= 4 is 16.0 Å². The molecule has 0 saturated carbocycles. The van der Waals surface area contributed by atoms with Crippen molar-refractivity contribution < 1.29 is 18.3 Å². The maximum absolute atomic E-state index is 12.1. The molecule has 0 aliphatic carbocycles. The van der Waals surface area contributed by atoms with E-state index < -0.39 is 16.0 Å². The molecule has 1 rings (SSSR count). The zero-order chi connectivity index (χ0) is 13.2. The Morgan fingerprint density at radius 3 is 2.47 bits per heavy atom. The van der Waals surface area contributed by atoms with Crippen LogP contribution < -0.4 is 0 Å². The van der Waals surface area contributed by atoms with Crippen LogP contribution >= 0.6 is 0 Å². The molecule has 1 aliphatic heterocycles. The van der Waals surface area contributed by atoms with E-state index in [9.17, 15) is 13.2 Å². The largest absolute Gasteiger partial charge is 0.481 e. The molecule has 3 unspecified atom stereocenters. The summed E-state index contributed by atoms with van der Waals surface area (Å²) in [6.45, 7) is 6.48. The van der Waals surface area contributed by atoms with E-state index in [1.807, 2.05) is 20.8 Å². The number of nitrogens with zero attached hydrogens (tertiary/aromatic N) is 1. The summed E-state index contributed by atoms with van der Waals surface area (Å²) in [6, 6.07) is -0.0370. The van der Waals surface area contributed by atoms with Crippen LogP contribution in [0.4, 0.5) is 0 Å². The van der Waals surface area contributed by atoms with Gasteiger partial charge in [-0.2, -0.15) is 4.31 Å². The van der Waals surface area contributed by atoms with Gasteiger partial charge in [-0.3, -0.25) is 4.79 Å². The third-order valence-electron chi connectivity index (χ3n) is 3.47. The van der Waals surface area contributed by atoms with Crippen LogP contribution in [-0.2, 0) is 14.8 Å². The summed E-state index contributed by atoms with van der Waals surface area (Å²) in [6.07, 6.45) is 0.695. The Balaban J connectivity index is 2.78. The molecular formula is C11H21NO4S. The average Bonchev–Trinajstić information content (AvgIpc) is 2.20. The lowest BCUT2D eigenvalue weighted by atomic mass is 9.88. The molecule has 100 valence electrons. The standard InChI is InChI=1S/C11H21NO4S/c1-8-6-9(2)10(3)12(7-8)17(15,16)5-4-11(13)14/h8-10H,4-7H2,1-3H3,(H,13,14). The number of aliphatic carboxylic acids is 1. The van der Waals surface area contributed by atoms with Gasteiger partial charge in [0.2, 0.25) is 10.0 Å². The van der Waals surface area contributed by atoms with Crippen molar-refractivity contribution in [1.82, 2.24) is 4.31 Å². The monoisotopic (exact) mass is 263 g/mol. The van der Waals surface area contributed by atoms with Crippen molar-refractivity contribution in [2.75, 3.05) is 12.3 Å². The normalized spacial score (nSPS) is 31.4. The third kappa shape index (κ3) is 3.67. The fraction of sp³-hybridized carbons (Fsp3) is 0.909. The van der Waals surface area contributed by atoms with Crippen LogP contribution in [0.15, 0.2) is 0 Å². The van der Waals surface area contributed by atoms with Crippen molar-refractivity contribution in [3.63, 3.8) is 0 Å². The first-order valence-electron chi connectivity index (χ1n) is 5.95. The first-order chi connectivity index (χ1) is 7.74. The van der Waals surface area contributed by atoms with E-state index in [1.54, 1.807) is 0 Å². The number of piperidine rings is 1. The second-order valence-electron chi connectivity index (χ2n) is 5.09. The number of rotatable bonds is 4. The lowest BCUT2D eigenvalue weighted by molar-refractivity contribution is -0.136. The first kappa shape index (κ1) is 14.4. The molecule has 1 heterocycles. The predicted octanol–water partition coefficient (Wildman–Crippen LogP) is 1.16. The molecular weight excluding hydrogens is 242 g/mol. The molecule has 5 nitrogen and oxygen atoms in total. The third-order valence-corrected chi connectivity index (χ3v) is 5.39.